The average molecular weight is 305 g/mol. The Hall–Kier alpha value is -2.11. The minimum Gasteiger partial charge on any atom is -0.322 e. The monoisotopic (exact) mass is 304 g/mol. The van der Waals surface area contributed by atoms with Crippen LogP contribution in [0.2, 0.25) is 5.02 Å². The molecule has 2 aromatic rings. The number of nitrogen functional groups attached to an aromatic ring is 1. The van der Waals surface area contributed by atoms with Gasteiger partial charge in [-0.05, 0) is 43.2 Å². The van der Waals surface area contributed by atoms with E-state index in [2.05, 4.69) is 15.7 Å². The Bertz CT molecular complexity index is 650. The molecule has 2 rings (SSSR count). The molecule has 1 heterocycles. The fraction of sp³-hybridized carbons (Fsp3) is 0.200. The fourth-order valence-corrected chi connectivity index (χ4v) is 2.03. The number of aromatic nitrogens is 1. The normalized spacial score (nSPS) is 10.3. The number of hydrogen-bond acceptors (Lipinski definition) is 4. The molecule has 0 unspecified atom stereocenters. The van der Waals surface area contributed by atoms with Gasteiger partial charge in [-0.2, -0.15) is 0 Å². The molecule has 21 heavy (non-hydrogen) atoms. The van der Waals surface area contributed by atoms with Crippen LogP contribution in [-0.2, 0) is 6.42 Å². The van der Waals surface area contributed by atoms with Gasteiger partial charge >= 0.3 is 0 Å². The molecule has 6 heteroatoms. The molecule has 0 saturated heterocycles. The molecule has 4 N–H and O–H groups in total. The molecule has 0 aliphatic rings. The van der Waals surface area contributed by atoms with Crippen LogP contribution in [-0.4, -0.2) is 10.9 Å². The Balaban J connectivity index is 2.25. The van der Waals surface area contributed by atoms with Gasteiger partial charge in [0, 0.05) is 22.0 Å². The number of rotatable bonds is 4. The van der Waals surface area contributed by atoms with Crippen molar-refractivity contribution in [1.29, 1.82) is 0 Å². The lowest BCUT2D eigenvalue weighted by Gasteiger charge is -2.09. The maximum absolute atomic E-state index is 12.3. The average Bonchev–Trinajstić information content (AvgIpc) is 2.50. The Kier molecular flexibility index (Phi) is 4.77. The van der Waals surface area contributed by atoms with Crippen molar-refractivity contribution in [1.82, 2.24) is 4.98 Å². The van der Waals surface area contributed by atoms with Crippen LogP contribution in [0.5, 0.6) is 0 Å². The lowest BCUT2D eigenvalue weighted by atomic mass is 10.1. The predicted molar refractivity (Wildman–Crippen MR) is 85.6 cm³/mol. The summed E-state index contributed by atoms with van der Waals surface area (Å²) in [6, 6.07) is 8.73. The number of nitrogens with one attached hydrogen (secondary N) is 2. The zero-order valence-corrected chi connectivity index (χ0v) is 12.7. The van der Waals surface area contributed by atoms with Crippen LogP contribution in [0.15, 0.2) is 30.3 Å². The van der Waals surface area contributed by atoms with E-state index in [9.17, 15) is 4.79 Å². The highest BCUT2D eigenvalue weighted by Gasteiger charge is 2.10. The largest absolute Gasteiger partial charge is 0.322 e. The molecule has 0 aliphatic carbocycles. The number of pyridine rings is 1. The summed E-state index contributed by atoms with van der Waals surface area (Å²) in [5.41, 5.74) is 5.35. The van der Waals surface area contributed by atoms with E-state index in [4.69, 9.17) is 17.4 Å². The summed E-state index contributed by atoms with van der Waals surface area (Å²) in [5, 5.41) is 3.42. The predicted octanol–water partition coefficient (Wildman–Crippen LogP) is 3.14. The molecular formula is C15H17ClN4O. The number of halogens is 1. The van der Waals surface area contributed by atoms with Crippen molar-refractivity contribution in [3.05, 3.63) is 52.2 Å². The van der Waals surface area contributed by atoms with E-state index < -0.39 is 0 Å². The number of benzene rings is 1. The number of hydrogen-bond donors (Lipinski definition) is 3. The minimum absolute atomic E-state index is 0.233. The maximum Gasteiger partial charge on any atom is 0.255 e. The molecule has 1 amide bonds. The number of carbonyl (C=O) groups excluding carboxylic acids is 1. The zero-order valence-electron chi connectivity index (χ0n) is 11.9. The third-order valence-electron chi connectivity index (χ3n) is 3.08. The SMILES string of the molecule is CCc1cc(C(=O)Nc2ccc(C)c(Cl)c2)cc(NN)n1. The number of nitrogens with two attached hydrogens (primary N) is 1. The van der Waals surface area contributed by atoms with Crippen molar-refractivity contribution >= 4 is 29.0 Å². The number of hydrazine groups is 1. The van der Waals surface area contributed by atoms with Gasteiger partial charge in [-0.15, -0.1) is 0 Å². The van der Waals surface area contributed by atoms with E-state index in [1.165, 1.54) is 0 Å². The van der Waals surface area contributed by atoms with Gasteiger partial charge in [-0.3, -0.25) is 4.79 Å². The number of anilines is 2. The van der Waals surface area contributed by atoms with Crippen molar-refractivity contribution < 1.29 is 4.79 Å². The van der Waals surface area contributed by atoms with Crippen LogP contribution >= 0.6 is 11.6 Å². The lowest BCUT2D eigenvalue weighted by Crippen LogP contribution is -2.15. The lowest BCUT2D eigenvalue weighted by molar-refractivity contribution is 0.102. The highest BCUT2D eigenvalue weighted by atomic mass is 35.5. The first-order valence-electron chi connectivity index (χ1n) is 6.58. The summed E-state index contributed by atoms with van der Waals surface area (Å²) < 4.78 is 0. The van der Waals surface area contributed by atoms with Crippen LogP contribution in [0.1, 0.15) is 28.5 Å². The number of aryl methyl sites for hydroxylation is 2. The van der Waals surface area contributed by atoms with Crippen molar-refractivity contribution in [2.45, 2.75) is 20.3 Å². The maximum atomic E-state index is 12.3. The first kappa shape index (κ1) is 15.3. The van der Waals surface area contributed by atoms with Crippen LogP contribution in [0.25, 0.3) is 0 Å². The van der Waals surface area contributed by atoms with Crippen molar-refractivity contribution in [2.75, 3.05) is 10.7 Å². The second-order valence-electron chi connectivity index (χ2n) is 4.65. The Morgan fingerprint density at radius 3 is 2.71 bits per heavy atom. The van der Waals surface area contributed by atoms with E-state index in [1.807, 2.05) is 26.0 Å². The standard InChI is InChI=1S/C15H17ClN4O/c1-3-11-6-10(7-14(18-11)20-17)15(21)19-12-5-4-9(2)13(16)8-12/h4-8H,3,17H2,1-2H3,(H,18,20)(H,19,21). The Morgan fingerprint density at radius 1 is 1.33 bits per heavy atom. The summed E-state index contributed by atoms with van der Waals surface area (Å²) in [7, 11) is 0. The van der Waals surface area contributed by atoms with Gasteiger partial charge < -0.3 is 10.7 Å². The van der Waals surface area contributed by atoms with E-state index >= 15 is 0 Å². The topological polar surface area (TPSA) is 80.0 Å². The van der Waals surface area contributed by atoms with Crippen molar-refractivity contribution in [2.24, 2.45) is 5.84 Å². The van der Waals surface area contributed by atoms with Gasteiger partial charge in [-0.25, -0.2) is 10.8 Å². The van der Waals surface area contributed by atoms with Crippen LogP contribution in [0.4, 0.5) is 11.5 Å². The smallest absolute Gasteiger partial charge is 0.255 e. The molecule has 110 valence electrons. The third kappa shape index (κ3) is 3.71. The highest BCUT2D eigenvalue weighted by Crippen LogP contribution is 2.21. The van der Waals surface area contributed by atoms with Gasteiger partial charge in [0.25, 0.3) is 5.91 Å². The first-order chi connectivity index (χ1) is 10.0. The second kappa shape index (κ2) is 6.56. The number of nitrogens with zero attached hydrogens (tertiary/aromatic N) is 1. The summed E-state index contributed by atoms with van der Waals surface area (Å²) in [5.74, 6) is 5.60. The van der Waals surface area contributed by atoms with Gasteiger partial charge in [0.2, 0.25) is 0 Å². The second-order valence-corrected chi connectivity index (χ2v) is 5.06. The summed E-state index contributed by atoms with van der Waals surface area (Å²) in [6.45, 7) is 3.87. The molecule has 0 radical (unpaired) electrons. The van der Waals surface area contributed by atoms with E-state index in [0.717, 1.165) is 11.3 Å². The Labute approximate surface area is 128 Å². The molecule has 5 nitrogen and oxygen atoms in total. The summed E-state index contributed by atoms with van der Waals surface area (Å²) >= 11 is 6.05. The first-order valence-corrected chi connectivity index (χ1v) is 6.96. The molecular weight excluding hydrogens is 288 g/mol. The van der Waals surface area contributed by atoms with Gasteiger partial charge in [0.1, 0.15) is 5.82 Å². The number of amides is 1. The summed E-state index contributed by atoms with van der Waals surface area (Å²) in [6.07, 6.45) is 0.714. The molecule has 0 bridgehead atoms. The van der Waals surface area contributed by atoms with Crippen LogP contribution in [0, 0.1) is 6.92 Å². The van der Waals surface area contributed by atoms with Gasteiger partial charge in [-0.1, -0.05) is 24.6 Å². The Morgan fingerprint density at radius 2 is 2.10 bits per heavy atom. The molecule has 0 atom stereocenters. The van der Waals surface area contributed by atoms with E-state index in [-0.39, 0.29) is 5.91 Å². The zero-order chi connectivity index (χ0) is 15.4. The fourth-order valence-electron chi connectivity index (χ4n) is 1.85. The minimum atomic E-state index is -0.233. The van der Waals surface area contributed by atoms with Crippen LogP contribution < -0.4 is 16.6 Å². The van der Waals surface area contributed by atoms with Crippen molar-refractivity contribution in [3.63, 3.8) is 0 Å². The molecule has 1 aromatic heterocycles. The molecule has 1 aromatic carbocycles. The number of carbonyl (C=O) groups is 1. The van der Waals surface area contributed by atoms with Gasteiger partial charge in [0.05, 0.1) is 0 Å². The molecule has 0 aliphatic heterocycles. The summed E-state index contributed by atoms with van der Waals surface area (Å²) in [4.78, 5) is 16.5. The molecule has 0 fully saturated rings. The third-order valence-corrected chi connectivity index (χ3v) is 3.49. The molecule has 0 spiro atoms. The van der Waals surface area contributed by atoms with Gasteiger partial charge in [0.15, 0.2) is 0 Å². The van der Waals surface area contributed by atoms with E-state index in [1.54, 1.807) is 18.2 Å². The van der Waals surface area contributed by atoms with E-state index in [0.29, 0.717) is 28.5 Å². The quantitative estimate of drug-likeness (QED) is 0.599. The van der Waals surface area contributed by atoms with Crippen LogP contribution in [0.3, 0.4) is 0 Å². The highest BCUT2D eigenvalue weighted by molar-refractivity contribution is 6.31. The molecule has 0 saturated carbocycles. The van der Waals surface area contributed by atoms with Crippen molar-refractivity contribution in [3.8, 4) is 0 Å².